The van der Waals surface area contributed by atoms with Crippen molar-refractivity contribution in [3.05, 3.63) is 34.0 Å². The first-order chi connectivity index (χ1) is 8.72. The normalized spacial score (nSPS) is 10.1. The first kappa shape index (κ1) is 12.1. The topological polar surface area (TPSA) is 83.8 Å². The van der Waals surface area contributed by atoms with E-state index in [9.17, 15) is 10.1 Å². The maximum Gasteiger partial charge on any atom is 0.270 e. The molecule has 0 atom stereocenters. The fraction of sp³-hybridized carbons (Fsp3) is 0.250. The first-order valence-corrected chi connectivity index (χ1v) is 5.48. The number of nitrogens with zero attached hydrogens (tertiary/aromatic N) is 2. The minimum absolute atomic E-state index is 0.0437. The number of H-pyrrole nitrogens is 1. The molecule has 0 aliphatic rings. The molecular formula is C12H12N4O2. The fourth-order valence-corrected chi connectivity index (χ4v) is 1.55. The molecule has 0 bridgehead atoms. The van der Waals surface area contributed by atoms with Crippen molar-refractivity contribution in [2.75, 3.05) is 13.6 Å². The van der Waals surface area contributed by atoms with Crippen LogP contribution in [0.5, 0.6) is 0 Å². The van der Waals surface area contributed by atoms with Crippen molar-refractivity contribution in [1.29, 1.82) is 0 Å². The van der Waals surface area contributed by atoms with Gasteiger partial charge in [0, 0.05) is 30.5 Å². The zero-order valence-electron chi connectivity index (χ0n) is 9.86. The smallest absolute Gasteiger partial charge is 0.270 e. The van der Waals surface area contributed by atoms with Crippen molar-refractivity contribution in [2.45, 2.75) is 6.42 Å². The van der Waals surface area contributed by atoms with Gasteiger partial charge in [-0.05, 0) is 19.0 Å². The van der Waals surface area contributed by atoms with Crippen molar-refractivity contribution in [2.24, 2.45) is 0 Å². The molecule has 2 rings (SSSR count). The molecular weight excluding hydrogens is 232 g/mol. The summed E-state index contributed by atoms with van der Waals surface area (Å²) >= 11 is 0. The van der Waals surface area contributed by atoms with E-state index in [0.717, 1.165) is 6.54 Å². The molecule has 0 amide bonds. The Morgan fingerprint density at radius 1 is 1.56 bits per heavy atom. The van der Waals surface area contributed by atoms with Crippen molar-refractivity contribution < 1.29 is 4.92 Å². The Hall–Kier alpha value is -2.39. The molecule has 2 N–H and O–H groups in total. The molecule has 6 heteroatoms. The van der Waals surface area contributed by atoms with Crippen LogP contribution in [0.2, 0.25) is 0 Å². The van der Waals surface area contributed by atoms with E-state index in [1.54, 1.807) is 6.07 Å². The summed E-state index contributed by atoms with van der Waals surface area (Å²) < 4.78 is 0. The number of rotatable bonds is 3. The number of fused-ring (bicyclic) bond motifs is 1. The van der Waals surface area contributed by atoms with Gasteiger partial charge in [0.2, 0.25) is 0 Å². The maximum absolute atomic E-state index is 10.7. The Kier molecular flexibility index (Phi) is 3.55. The molecule has 2 aromatic rings. The number of hydrogen-bond donors (Lipinski definition) is 2. The second-order valence-electron chi connectivity index (χ2n) is 3.71. The summed E-state index contributed by atoms with van der Waals surface area (Å²) in [5.41, 5.74) is 1.34. The molecule has 1 aromatic heterocycles. The molecule has 92 valence electrons. The molecule has 6 nitrogen and oxygen atoms in total. The van der Waals surface area contributed by atoms with Crippen LogP contribution in [0.15, 0.2) is 18.2 Å². The van der Waals surface area contributed by atoms with Gasteiger partial charge in [-0.15, -0.1) is 0 Å². The summed E-state index contributed by atoms with van der Waals surface area (Å²) in [6, 6.07) is 4.53. The van der Waals surface area contributed by atoms with Crippen molar-refractivity contribution in [3.63, 3.8) is 0 Å². The molecule has 0 aliphatic heterocycles. The van der Waals surface area contributed by atoms with Gasteiger partial charge in [0.25, 0.3) is 5.69 Å². The van der Waals surface area contributed by atoms with Gasteiger partial charge in [0.15, 0.2) is 0 Å². The van der Waals surface area contributed by atoms with Gasteiger partial charge < -0.3 is 5.32 Å². The van der Waals surface area contributed by atoms with E-state index in [-0.39, 0.29) is 5.69 Å². The second-order valence-corrected chi connectivity index (χ2v) is 3.71. The lowest BCUT2D eigenvalue weighted by Crippen LogP contribution is -2.05. The summed E-state index contributed by atoms with van der Waals surface area (Å²) in [6.45, 7) is 0.805. The number of benzene rings is 1. The van der Waals surface area contributed by atoms with Crippen LogP contribution in [0.3, 0.4) is 0 Å². The van der Waals surface area contributed by atoms with Crippen LogP contribution in [0.4, 0.5) is 5.69 Å². The zero-order valence-corrected chi connectivity index (χ0v) is 9.86. The molecule has 0 aliphatic carbocycles. The van der Waals surface area contributed by atoms with Gasteiger partial charge in [0.1, 0.15) is 5.69 Å². The van der Waals surface area contributed by atoms with E-state index in [1.165, 1.54) is 12.1 Å². The van der Waals surface area contributed by atoms with Crippen LogP contribution < -0.4 is 5.32 Å². The lowest BCUT2D eigenvalue weighted by atomic mass is 10.2. The summed E-state index contributed by atoms with van der Waals surface area (Å²) in [5.74, 6) is 5.91. The highest BCUT2D eigenvalue weighted by molar-refractivity contribution is 5.86. The zero-order chi connectivity index (χ0) is 13.0. The molecule has 18 heavy (non-hydrogen) atoms. The van der Waals surface area contributed by atoms with Gasteiger partial charge >= 0.3 is 0 Å². The van der Waals surface area contributed by atoms with E-state index in [4.69, 9.17) is 0 Å². The number of non-ortho nitro benzene ring substituents is 1. The molecule has 1 heterocycles. The average molecular weight is 244 g/mol. The fourth-order valence-electron chi connectivity index (χ4n) is 1.55. The molecule has 1 aromatic carbocycles. The predicted molar refractivity (Wildman–Crippen MR) is 68.2 cm³/mol. The lowest BCUT2D eigenvalue weighted by molar-refractivity contribution is -0.384. The van der Waals surface area contributed by atoms with Crippen LogP contribution in [0.25, 0.3) is 10.9 Å². The second kappa shape index (κ2) is 5.29. The summed E-state index contributed by atoms with van der Waals surface area (Å²) in [6.07, 6.45) is 0.714. The highest BCUT2D eigenvalue weighted by Crippen LogP contribution is 2.21. The molecule has 0 unspecified atom stereocenters. The minimum Gasteiger partial charge on any atom is -0.319 e. The van der Waals surface area contributed by atoms with Crippen molar-refractivity contribution in [3.8, 4) is 11.8 Å². The monoisotopic (exact) mass is 244 g/mol. The van der Waals surface area contributed by atoms with E-state index in [1.807, 2.05) is 7.05 Å². The van der Waals surface area contributed by atoms with Gasteiger partial charge in [-0.2, -0.15) is 5.10 Å². The SMILES string of the molecule is CNCCC#Cc1[nH]nc2ccc([N+](=O)[O-])cc12. The quantitative estimate of drug-likeness (QED) is 0.370. The highest BCUT2D eigenvalue weighted by Gasteiger charge is 2.10. The average Bonchev–Trinajstić information content (AvgIpc) is 2.77. The lowest BCUT2D eigenvalue weighted by Gasteiger charge is -1.91. The number of aromatic amines is 1. The van der Waals surface area contributed by atoms with Crippen molar-refractivity contribution in [1.82, 2.24) is 15.5 Å². The largest absolute Gasteiger partial charge is 0.319 e. The van der Waals surface area contributed by atoms with E-state index in [2.05, 4.69) is 27.4 Å². The van der Waals surface area contributed by atoms with Crippen LogP contribution in [-0.2, 0) is 0 Å². The Labute approximate surface area is 104 Å². The summed E-state index contributed by atoms with van der Waals surface area (Å²) in [5, 5.41) is 21.2. The van der Waals surface area contributed by atoms with Crippen LogP contribution in [0.1, 0.15) is 12.1 Å². The number of nitro benzene ring substituents is 1. The molecule has 0 fully saturated rings. The summed E-state index contributed by atoms with van der Waals surface area (Å²) in [7, 11) is 1.86. The Balaban J connectivity index is 2.35. The minimum atomic E-state index is -0.426. The van der Waals surface area contributed by atoms with E-state index >= 15 is 0 Å². The maximum atomic E-state index is 10.7. The van der Waals surface area contributed by atoms with Crippen LogP contribution >= 0.6 is 0 Å². The molecule has 0 saturated heterocycles. The number of nitrogens with one attached hydrogen (secondary N) is 2. The van der Waals surface area contributed by atoms with Gasteiger partial charge in [-0.1, -0.05) is 5.92 Å². The number of hydrogen-bond acceptors (Lipinski definition) is 4. The van der Waals surface area contributed by atoms with Crippen LogP contribution in [0, 0.1) is 22.0 Å². The first-order valence-electron chi connectivity index (χ1n) is 5.48. The van der Waals surface area contributed by atoms with Gasteiger partial charge in [-0.3, -0.25) is 15.2 Å². The van der Waals surface area contributed by atoms with Gasteiger partial charge in [-0.25, -0.2) is 0 Å². The molecule has 0 spiro atoms. The molecule has 0 radical (unpaired) electrons. The Morgan fingerprint density at radius 2 is 2.39 bits per heavy atom. The van der Waals surface area contributed by atoms with E-state index in [0.29, 0.717) is 23.0 Å². The third kappa shape index (κ3) is 2.47. The predicted octanol–water partition coefficient (Wildman–Crippen LogP) is 1.43. The third-order valence-electron chi connectivity index (χ3n) is 2.46. The third-order valence-corrected chi connectivity index (χ3v) is 2.46. The standard InChI is InChI=1S/C12H12N4O2/c1-13-7-3-2-4-11-10-8-9(16(17)18)5-6-12(10)15-14-11/h5-6,8,13H,3,7H2,1H3,(H,14,15). The van der Waals surface area contributed by atoms with E-state index < -0.39 is 4.92 Å². The Morgan fingerprint density at radius 3 is 3.11 bits per heavy atom. The van der Waals surface area contributed by atoms with Crippen molar-refractivity contribution >= 4 is 16.6 Å². The summed E-state index contributed by atoms with van der Waals surface area (Å²) in [4.78, 5) is 10.3. The Bertz CT molecular complexity index is 636. The number of aromatic nitrogens is 2. The molecule has 0 saturated carbocycles. The van der Waals surface area contributed by atoms with Gasteiger partial charge in [0.05, 0.1) is 10.4 Å². The highest BCUT2D eigenvalue weighted by atomic mass is 16.6. The van der Waals surface area contributed by atoms with Crippen LogP contribution in [-0.4, -0.2) is 28.7 Å². The number of nitro groups is 1.